The molecule has 0 radical (unpaired) electrons. The second kappa shape index (κ2) is 5.40. The van der Waals surface area contributed by atoms with Gasteiger partial charge in [0.05, 0.1) is 4.90 Å². The Kier molecular flexibility index (Phi) is 3.56. The van der Waals surface area contributed by atoms with E-state index in [1.54, 1.807) is 31.4 Å². The molecular weight excluding hydrogens is 300 g/mol. The summed E-state index contributed by atoms with van der Waals surface area (Å²) in [6.07, 6.45) is 1.55. The zero-order chi connectivity index (χ0) is 15.7. The van der Waals surface area contributed by atoms with E-state index in [0.29, 0.717) is 17.1 Å². The minimum atomic E-state index is -3.82. The first-order valence-electron chi connectivity index (χ1n) is 6.60. The van der Waals surface area contributed by atoms with Gasteiger partial charge in [-0.1, -0.05) is 42.5 Å². The van der Waals surface area contributed by atoms with Crippen molar-refractivity contribution in [3.8, 4) is 22.4 Å². The summed E-state index contributed by atoms with van der Waals surface area (Å²) in [5.74, 6) is 0.546. The Hall–Kier alpha value is -2.44. The molecule has 0 unspecified atom stereocenters. The van der Waals surface area contributed by atoms with Gasteiger partial charge >= 0.3 is 0 Å². The van der Waals surface area contributed by atoms with Crippen LogP contribution in [0, 0.1) is 6.92 Å². The zero-order valence-electron chi connectivity index (χ0n) is 11.9. The fourth-order valence-corrected chi connectivity index (χ4v) is 3.12. The summed E-state index contributed by atoms with van der Waals surface area (Å²) in [5.41, 5.74) is 2.72. The van der Waals surface area contributed by atoms with Gasteiger partial charge in [-0.25, -0.2) is 18.5 Å². The van der Waals surface area contributed by atoms with Crippen molar-refractivity contribution in [3.05, 3.63) is 60.7 Å². The van der Waals surface area contributed by atoms with Gasteiger partial charge in [-0.15, -0.1) is 0 Å². The first-order valence-corrected chi connectivity index (χ1v) is 8.15. The summed E-state index contributed by atoms with van der Waals surface area (Å²) in [4.78, 5) is 4.40. The molecule has 0 bridgehead atoms. The molecule has 0 saturated carbocycles. The molecule has 0 aliphatic rings. The largest absolute Gasteiger partial charge is 0.449 e. The van der Waals surface area contributed by atoms with Crippen LogP contribution in [-0.4, -0.2) is 13.4 Å². The molecule has 3 aromatic rings. The van der Waals surface area contributed by atoms with Gasteiger partial charge in [0, 0.05) is 18.1 Å². The molecule has 5 nitrogen and oxygen atoms in total. The number of nitrogens with two attached hydrogens (primary N) is 1. The van der Waals surface area contributed by atoms with Gasteiger partial charge in [0.1, 0.15) is 12.0 Å². The SMILES string of the molecule is Cc1nc(-c2ccccc2-c2ccccc2S(N)(=O)=O)co1. The van der Waals surface area contributed by atoms with Gasteiger partial charge < -0.3 is 4.42 Å². The highest BCUT2D eigenvalue weighted by molar-refractivity contribution is 7.89. The average molecular weight is 314 g/mol. The maximum atomic E-state index is 11.8. The van der Waals surface area contributed by atoms with Crippen LogP contribution >= 0.6 is 0 Å². The summed E-state index contributed by atoms with van der Waals surface area (Å²) in [5, 5.41) is 5.33. The van der Waals surface area contributed by atoms with E-state index in [4.69, 9.17) is 9.56 Å². The topological polar surface area (TPSA) is 86.2 Å². The van der Waals surface area contributed by atoms with Crippen LogP contribution in [0.15, 0.2) is 64.1 Å². The Bertz CT molecular complexity index is 930. The first kappa shape index (κ1) is 14.5. The lowest BCUT2D eigenvalue weighted by atomic mass is 9.98. The van der Waals surface area contributed by atoms with E-state index < -0.39 is 10.0 Å². The Morgan fingerprint density at radius 1 is 0.955 bits per heavy atom. The van der Waals surface area contributed by atoms with Gasteiger partial charge in [-0.3, -0.25) is 0 Å². The molecule has 1 heterocycles. The number of oxazole rings is 1. The Labute approximate surface area is 128 Å². The molecule has 0 aliphatic heterocycles. The molecule has 2 aromatic carbocycles. The number of hydrogen-bond donors (Lipinski definition) is 1. The third kappa shape index (κ3) is 2.66. The van der Waals surface area contributed by atoms with Crippen LogP contribution in [0.5, 0.6) is 0 Å². The standard InChI is InChI=1S/C16H14N2O3S/c1-11-18-15(10-21-11)13-7-3-2-6-12(13)14-8-4-5-9-16(14)22(17,19)20/h2-10H,1H3,(H2,17,19,20). The molecule has 112 valence electrons. The second-order valence-electron chi connectivity index (χ2n) is 4.84. The number of benzene rings is 2. The summed E-state index contributed by atoms with van der Waals surface area (Å²) in [7, 11) is -3.82. The van der Waals surface area contributed by atoms with Gasteiger partial charge in [0.25, 0.3) is 0 Å². The van der Waals surface area contributed by atoms with Crippen molar-refractivity contribution < 1.29 is 12.8 Å². The average Bonchev–Trinajstić information content (AvgIpc) is 2.93. The highest BCUT2D eigenvalue weighted by atomic mass is 32.2. The molecule has 1 aromatic heterocycles. The van der Waals surface area contributed by atoms with Crippen LogP contribution < -0.4 is 5.14 Å². The van der Waals surface area contributed by atoms with Crippen molar-refractivity contribution in [3.63, 3.8) is 0 Å². The predicted octanol–water partition coefficient (Wildman–Crippen LogP) is 2.96. The highest BCUT2D eigenvalue weighted by Crippen LogP contribution is 2.34. The van der Waals surface area contributed by atoms with E-state index in [9.17, 15) is 8.42 Å². The van der Waals surface area contributed by atoms with Crippen molar-refractivity contribution in [1.82, 2.24) is 4.98 Å². The first-order chi connectivity index (χ1) is 10.5. The highest BCUT2D eigenvalue weighted by Gasteiger charge is 2.18. The Balaban J connectivity index is 2.27. The molecule has 0 atom stereocenters. The van der Waals surface area contributed by atoms with Crippen molar-refractivity contribution in [2.24, 2.45) is 5.14 Å². The molecule has 0 spiro atoms. The number of sulfonamides is 1. The maximum Gasteiger partial charge on any atom is 0.238 e. The monoisotopic (exact) mass is 314 g/mol. The van der Waals surface area contributed by atoms with Crippen LogP contribution in [0.3, 0.4) is 0 Å². The van der Waals surface area contributed by atoms with Crippen molar-refractivity contribution >= 4 is 10.0 Å². The van der Waals surface area contributed by atoms with Crippen LogP contribution in [0.1, 0.15) is 5.89 Å². The van der Waals surface area contributed by atoms with Crippen molar-refractivity contribution in [1.29, 1.82) is 0 Å². The summed E-state index contributed by atoms with van der Waals surface area (Å²) < 4.78 is 28.9. The number of aromatic nitrogens is 1. The van der Waals surface area contributed by atoms with Gasteiger partial charge in [-0.05, 0) is 11.6 Å². The molecule has 0 saturated heterocycles. The molecule has 22 heavy (non-hydrogen) atoms. The quantitative estimate of drug-likeness (QED) is 0.805. The second-order valence-corrected chi connectivity index (χ2v) is 6.37. The minimum Gasteiger partial charge on any atom is -0.449 e. The van der Waals surface area contributed by atoms with Gasteiger partial charge in [0.15, 0.2) is 5.89 Å². The van der Waals surface area contributed by atoms with E-state index in [-0.39, 0.29) is 4.90 Å². The Morgan fingerprint density at radius 3 is 2.14 bits per heavy atom. The third-order valence-corrected chi connectivity index (χ3v) is 4.27. The van der Waals surface area contributed by atoms with E-state index >= 15 is 0 Å². The van der Waals surface area contributed by atoms with Gasteiger partial charge in [0.2, 0.25) is 10.0 Å². The van der Waals surface area contributed by atoms with E-state index in [2.05, 4.69) is 4.98 Å². The fraction of sp³-hybridized carbons (Fsp3) is 0.0625. The number of nitrogens with zero attached hydrogens (tertiary/aromatic N) is 1. The molecule has 3 rings (SSSR count). The van der Waals surface area contributed by atoms with Gasteiger partial charge in [-0.2, -0.15) is 0 Å². The summed E-state index contributed by atoms with van der Waals surface area (Å²) >= 11 is 0. The Morgan fingerprint density at radius 2 is 1.55 bits per heavy atom. The summed E-state index contributed by atoms with van der Waals surface area (Å²) in [6.45, 7) is 1.75. The van der Waals surface area contributed by atoms with Crippen LogP contribution in [0.4, 0.5) is 0 Å². The van der Waals surface area contributed by atoms with Crippen LogP contribution in [-0.2, 0) is 10.0 Å². The third-order valence-electron chi connectivity index (χ3n) is 3.31. The normalized spacial score (nSPS) is 11.5. The predicted molar refractivity (Wildman–Crippen MR) is 83.5 cm³/mol. The molecule has 0 aliphatic carbocycles. The molecule has 2 N–H and O–H groups in total. The smallest absolute Gasteiger partial charge is 0.238 e. The zero-order valence-corrected chi connectivity index (χ0v) is 12.7. The van der Waals surface area contributed by atoms with Crippen LogP contribution in [0.2, 0.25) is 0 Å². The number of primary sulfonamides is 1. The fourth-order valence-electron chi connectivity index (χ4n) is 2.37. The van der Waals surface area contributed by atoms with E-state index in [0.717, 1.165) is 11.1 Å². The van der Waals surface area contributed by atoms with Crippen LogP contribution in [0.25, 0.3) is 22.4 Å². The molecule has 6 heteroatoms. The summed E-state index contributed by atoms with van der Waals surface area (Å²) in [6, 6.07) is 14.0. The lowest BCUT2D eigenvalue weighted by Crippen LogP contribution is -2.13. The van der Waals surface area contributed by atoms with Crippen molar-refractivity contribution in [2.75, 3.05) is 0 Å². The lowest BCUT2D eigenvalue weighted by Gasteiger charge is -2.11. The molecule has 0 fully saturated rings. The number of rotatable bonds is 3. The van der Waals surface area contributed by atoms with E-state index in [1.165, 1.54) is 6.07 Å². The maximum absolute atomic E-state index is 11.8. The molecular formula is C16H14N2O3S. The molecule has 0 amide bonds. The van der Waals surface area contributed by atoms with Crippen molar-refractivity contribution in [2.45, 2.75) is 11.8 Å². The minimum absolute atomic E-state index is 0.0858. The lowest BCUT2D eigenvalue weighted by molar-refractivity contribution is 0.521. The number of aryl methyl sites for hydroxylation is 1. The van der Waals surface area contributed by atoms with E-state index in [1.807, 2.05) is 24.3 Å². The number of hydrogen-bond acceptors (Lipinski definition) is 4.